The van der Waals surface area contributed by atoms with Gasteiger partial charge in [0.2, 0.25) is 0 Å². The van der Waals surface area contributed by atoms with Gasteiger partial charge in [-0.25, -0.2) is 4.98 Å². The van der Waals surface area contributed by atoms with Gasteiger partial charge in [-0.05, 0) is 53.0 Å². The molecule has 108 valence electrons. The summed E-state index contributed by atoms with van der Waals surface area (Å²) >= 11 is 5.18. The second kappa shape index (κ2) is 7.76. The number of halogens is 1. The summed E-state index contributed by atoms with van der Waals surface area (Å²) in [5.41, 5.74) is 4.27. The summed E-state index contributed by atoms with van der Waals surface area (Å²) in [6.45, 7) is 3.18. The van der Waals surface area contributed by atoms with Crippen LogP contribution in [0.3, 0.4) is 0 Å². The van der Waals surface area contributed by atoms with Crippen LogP contribution in [0.2, 0.25) is 0 Å². The van der Waals surface area contributed by atoms with E-state index in [-0.39, 0.29) is 6.04 Å². The van der Waals surface area contributed by atoms with Gasteiger partial charge in [0.15, 0.2) is 0 Å². The SMILES string of the molecule is CCCNC(Cc1ccc(OC)c(Br)c1)c1cscn1. The molecule has 0 aliphatic carbocycles. The first-order valence-electron chi connectivity index (χ1n) is 6.68. The van der Waals surface area contributed by atoms with E-state index in [1.54, 1.807) is 18.4 Å². The number of rotatable bonds is 7. The molecule has 1 atom stereocenters. The number of ether oxygens (including phenoxy) is 1. The zero-order valence-electron chi connectivity index (χ0n) is 11.7. The topological polar surface area (TPSA) is 34.1 Å². The van der Waals surface area contributed by atoms with Gasteiger partial charge < -0.3 is 10.1 Å². The van der Waals surface area contributed by atoms with Gasteiger partial charge in [-0.2, -0.15) is 0 Å². The highest BCUT2D eigenvalue weighted by Gasteiger charge is 2.14. The molecule has 0 bridgehead atoms. The number of benzene rings is 1. The molecule has 0 fully saturated rings. The lowest BCUT2D eigenvalue weighted by Crippen LogP contribution is -2.24. The zero-order chi connectivity index (χ0) is 14.4. The summed E-state index contributed by atoms with van der Waals surface area (Å²) in [5.74, 6) is 0.862. The van der Waals surface area contributed by atoms with Crippen LogP contribution in [-0.4, -0.2) is 18.6 Å². The summed E-state index contributed by atoms with van der Waals surface area (Å²) in [5, 5.41) is 5.68. The van der Waals surface area contributed by atoms with Crippen LogP contribution in [0.1, 0.15) is 30.6 Å². The lowest BCUT2D eigenvalue weighted by Gasteiger charge is -2.17. The minimum Gasteiger partial charge on any atom is -0.496 e. The molecule has 0 aliphatic rings. The summed E-state index contributed by atoms with van der Waals surface area (Å²) in [4.78, 5) is 4.44. The van der Waals surface area contributed by atoms with Crippen LogP contribution < -0.4 is 10.1 Å². The number of hydrogen-bond donors (Lipinski definition) is 1. The molecule has 5 heteroatoms. The van der Waals surface area contributed by atoms with Gasteiger partial charge >= 0.3 is 0 Å². The van der Waals surface area contributed by atoms with Crippen molar-refractivity contribution in [1.29, 1.82) is 0 Å². The van der Waals surface area contributed by atoms with Crippen molar-refractivity contribution in [2.75, 3.05) is 13.7 Å². The molecule has 1 aromatic carbocycles. The molecule has 3 nitrogen and oxygen atoms in total. The Morgan fingerprint density at radius 2 is 2.30 bits per heavy atom. The lowest BCUT2D eigenvalue weighted by molar-refractivity contribution is 0.412. The summed E-state index contributed by atoms with van der Waals surface area (Å²) in [6.07, 6.45) is 2.04. The van der Waals surface area contributed by atoms with Crippen LogP contribution in [0.25, 0.3) is 0 Å². The summed E-state index contributed by atoms with van der Waals surface area (Å²) in [7, 11) is 1.68. The molecule has 2 aromatic rings. The predicted octanol–water partition coefficient (Wildman–Crippen LogP) is 4.20. The highest BCUT2D eigenvalue weighted by atomic mass is 79.9. The third-order valence-corrected chi connectivity index (χ3v) is 4.33. The molecule has 0 amide bonds. The van der Waals surface area contributed by atoms with Crippen molar-refractivity contribution < 1.29 is 4.74 Å². The first kappa shape index (κ1) is 15.5. The maximum atomic E-state index is 5.27. The quantitative estimate of drug-likeness (QED) is 0.808. The lowest BCUT2D eigenvalue weighted by atomic mass is 10.0. The van der Waals surface area contributed by atoms with Crippen LogP contribution in [-0.2, 0) is 6.42 Å². The van der Waals surface area contributed by atoms with Crippen LogP contribution >= 0.6 is 27.3 Å². The predicted molar refractivity (Wildman–Crippen MR) is 87.5 cm³/mol. The largest absolute Gasteiger partial charge is 0.496 e. The molecule has 1 heterocycles. The number of hydrogen-bond acceptors (Lipinski definition) is 4. The summed E-state index contributed by atoms with van der Waals surface area (Å²) in [6, 6.07) is 6.49. The Balaban J connectivity index is 2.13. The van der Waals surface area contributed by atoms with E-state index in [4.69, 9.17) is 4.74 Å². The van der Waals surface area contributed by atoms with Crippen LogP contribution in [0.4, 0.5) is 0 Å². The zero-order valence-corrected chi connectivity index (χ0v) is 14.1. The molecule has 0 spiro atoms. The average molecular weight is 355 g/mol. The third kappa shape index (κ3) is 4.04. The van der Waals surface area contributed by atoms with E-state index in [1.165, 1.54) is 5.56 Å². The Bertz CT molecular complexity index is 531. The molecule has 0 radical (unpaired) electrons. The standard InChI is InChI=1S/C15H19BrN2OS/c1-3-6-17-13(14-9-20-10-18-14)8-11-4-5-15(19-2)12(16)7-11/h4-5,7,9-10,13,17H,3,6,8H2,1-2H3. The Kier molecular flexibility index (Phi) is 6.01. The molecule has 0 aliphatic heterocycles. The number of methoxy groups -OCH3 is 1. The second-order valence-corrected chi connectivity index (χ2v) is 6.17. The van der Waals surface area contributed by atoms with Crippen molar-refractivity contribution in [2.24, 2.45) is 0 Å². The Morgan fingerprint density at radius 3 is 2.90 bits per heavy atom. The van der Waals surface area contributed by atoms with Crippen LogP contribution in [0, 0.1) is 0 Å². The molecule has 20 heavy (non-hydrogen) atoms. The van der Waals surface area contributed by atoms with E-state index in [0.29, 0.717) is 0 Å². The van der Waals surface area contributed by atoms with Gasteiger partial charge in [0, 0.05) is 5.38 Å². The van der Waals surface area contributed by atoms with Crippen LogP contribution in [0.5, 0.6) is 5.75 Å². The molecular formula is C15H19BrN2OS. The van der Waals surface area contributed by atoms with Crippen molar-refractivity contribution in [3.8, 4) is 5.75 Å². The number of nitrogens with zero attached hydrogens (tertiary/aromatic N) is 1. The van der Waals surface area contributed by atoms with Crippen molar-refractivity contribution in [1.82, 2.24) is 10.3 Å². The van der Waals surface area contributed by atoms with Gasteiger partial charge in [0.05, 0.1) is 28.8 Å². The first-order valence-corrected chi connectivity index (χ1v) is 8.42. The fourth-order valence-electron chi connectivity index (χ4n) is 2.07. The van der Waals surface area contributed by atoms with Gasteiger partial charge in [-0.3, -0.25) is 0 Å². The molecular weight excluding hydrogens is 336 g/mol. The smallest absolute Gasteiger partial charge is 0.133 e. The maximum Gasteiger partial charge on any atom is 0.133 e. The van der Waals surface area contributed by atoms with Gasteiger partial charge in [0.1, 0.15) is 5.75 Å². The fourth-order valence-corrected chi connectivity index (χ4v) is 3.26. The first-order chi connectivity index (χ1) is 9.74. The van der Waals surface area contributed by atoms with Crippen molar-refractivity contribution in [3.05, 3.63) is 44.8 Å². The highest BCUT2D eigenvalue weighted by molar-refractivity contribution is 9.10. The van der Waals surface area contributed by atoms with Crippen LogP contribution in [0.15, 0.2) is 33.6 Å². The Hall–Kier alpha value is -0.910. The average Bonchev–Trinajstić information content (AvgIpc) is 2.97. The van der Waals surface area contributed by atoms with E-state index >= 15 is 0 Å². The van der Waals surface area contributed by atoms with Gasteiger partial charge in [-0.1, -0.05) is 13.0 Å². The van der Waals surface area contributed by atoms with E-state index in [2.05, 4.69) is 50.7 Å². The molecule has 0 saturated carbocycles. The number of thiazole rings is 1. The van der Waals surface area contributed by atoms with Crippen molar-refractivity contribution in [2.45, 2.75) is 25.8 Å². The van der Waals surface area contributed by atoms with Gasteiger partial charge in [0.25, 0.3) is 0 Å². The van der Waals surface area contributed by atoms with E-state index in [0.717, 1.165) is 35.3 Å². The number of nitrogens with one attached hydrogen (secondary N) is 1. The highest BCUT2D eigenvalue weighted by Crippen LogP contribution is 2.27. The van der Waals surface area contributed by atoms with Crippen molar-refractivity contribution >= 4 is 27.3 Å². The fraction of sp³-hybridized carbons (Fsp3) is 0.400. The van der Waals surface area contributed by atoms with E-state index < -0.39 is 0 Å². The second-order valence-electron chi connectivity index (χ2n) is 4.59. The monoisotopic (exact) mass is 354 g/mol. The Labute approximate surface area is 132 Å². The van der Waals surface area contributed by atoms with E-state index in [9.17, 15) is 0 Å². The van der Waals surface area contributed by atoms with Gasteiger partial charge in [-0.15, -0.1) is 11.3 Å². The molecule has 1 unspecified atom stereocenters. The molecule has 0 saturated heterocycles. The number of aromatic nitrogens is 1. The minimum absolute atomic E-state index is 0.265. The molecule has 1 aromatic heterocycles. The molecule has 2 rings (SSSR count). The normalized spacial score (nSPS) is 12.3. The molecule has 1 N–H and O–H groups in total. The minimum atomic E-state index is 0.265. The maximum absolute atomic E-state index is 5.27. The summed E-state index contributed by atoms with van der Waals surface area (Å²) < 4.78 is 6.26. The Morgan fingerprint density at radius 1 is 1.45 bits per heavy atom. The van der Waals surface area contributed by atoms with Crippen molar-refractivity contribution in [3.63, 3.8) is 0 Å². The third-order valence-electron chi connectivity index (χ3n) is 3.11. The van der Waals surface area contributed by atoms with E-state index in [1.807, 2.05) is 11.6 Å².